The van der Waals surface area contributed by atoms with Gasteiger partial charge in [0.1, 0.15) is 5.60 Å². The molecule has 0 heterocycles. The van der Waals surface area contributed by atoms with E-state index in [0.29, 0.717) is 0 Å². The van der Waals surface area contributed by atoms with Crippen LogP contribution in [-0.2, 0) is 9.53 Å². The highest BCUT2D eigenvalue weighted by atomic mass is 16.5. The SMILES string of the molecule is CCCCOC1(C=CC(C)=O)C=CC=CC1. The molecule has 0 aromatic rings. The summed E-state index contributed by atoms with van der Waals surface area (Å²) >= 11 is 0. The molecule has 0 saturated carbocycles. The van der Waals surface area contributed by atoms with E-state index in [1.807, 2.05) is 24.3 Å². The molecule has 0 aromatic carbocycles. The van der Waals surface area contributed by atoms with Crippen molar-refractivity contribution < 1.29 is 9.53 Å². The number of ketones is 1. The first-order valence-corrected chi connectivity index (χ1v) is 5.87. The van der Waals surface area contributed by atoms with Crippen molar-refractivity contribution in [1.82, 2.24) is 0 Å². The van der Waals surface area contributed by atoms with E-state index in [1.54, 1.807) is 13.0 Å². The van der Waals surface area contributed by atoms with Crippen molar-refractivity contribution in [3.8, 4) is 0 Å². The van der Waals surface area contributed by atoms with E-state index in [-0.39, 0.29) is 5.78 Å². The summed E-state index contributed by atoms with van der Waals surface area (Å²) in [6.07, 6.45) is 14.5. The topological polar surface area (TPSA) is 26.3 Å². The van der Waals surface area contributed by atoms with Gasteiger partial charge >= 0.3 is 0 Å². The molecule has 0 amide bonds. The summed E-state index contributed by atoms with van der Waals surface area (Å²) in [5, 5.41) is 0. The van der Waals surface area contributed by atoms with Crippen LogP contribution in [0.5, 0.6) is 0 Å². The number of allylic oxidation sites excluding steroid dienone is 3. The van der Waals surface area contributed by atoms with Crippen molar-refractivity contribution in [3.63, 3.8) is 0 Å². The lowest BCUT2D eigenvalue weighted by Crippen LogP contribution is -2.29. The number of unbranched alkanes of at least 4 members (excludes halogenated alkanes) is 1. The monoisotopic (exact) mass is 220 g/mol. The lowest BCUT2D eigenvalue weighted by molar-refractivity contribution is -0.112. The predicted octanol–water partition coefficient (Wildman–Crippen LogP) is 3.20. The van der Waals surface area contributed by atoms with Gasteiger partial charge in [-0.3, -0.25) is 4.79 Å². The zero-order valence-corrected chi connectivity index (χ0v) is 10.1. The van der Waals surface area contributed by atoms with Crippen molar-refractivity contribution in [2.75, 3.05) is 6.61 Å². The maximum Gasteiger partial charge on any atom is 0.152 e. The number of carbonyl (C=O) groups is 1. The average Bonchev–Trinajstić information content (AvgIpc) is 2.28. The van der Waals surface area contributed by atoms with Crippen molar-refractivity contribution in [2.45, 2.75) is 38.7 Å². The molecule has 2 heteroatoms. The first-order chi connectivity index (χ1) is 7.68. The Hall–Kier alpha value is -1.15. The fourth-order valence-electron chi connectivity index (χ4n) is 1.56. The first-order valence-electron chi connectivity index (χ1n) is 5.87. The summed E-state index contributed by atoms with van der Waals surface area (Å²) in [4.78, 5) is 11.0. The van der Waals surface area contributed by atoms with E-state index in [0.717, 1.165) is 25.9 Å². The molecule has 0 N–H and O–H groups in total. The molecule has 1 atom stereocenters. The minimum absolute atomic E-state index is 0.0569. The molecule has 1 rings (SSSR count). The molecule has 0 aromatic heterocycles. The Bertz CT molecular complexity index is 313. The van der Waals surface area contributed by atoms with Crippen LogP contribution in [0.25, 0.3) is 0 Å². The van der Waals surface area contributed by atoms with Gasteiger partial charge in [-0.1, -0.05) is 31.6 Å². The van der Waals surface area contributed by atoms with Crippen LogP contribution in [0, 0.1) is 0 Å². The van der Waals surface area contributed by atoms with Crippen LogP contribution in [0.2, 0.25) is 0 Å². The number of ether oxygens (including phenoxy) is 1. The van der Waals surface area contributed by atoms with Gasteiger partial charge in [0.05, 0.1) is 0 Å². The molecule has 0 bridgehead atoms. The number of hydrogen-bond acceptors (Lipinski definition) is 2. The number of rotatable bonds is 6. The second kappa shape index (κ2) is 6.44. The molecule has 2 nitrogen and oxygen atoms in total. The Kier molecular flexibility index (Phi) is 5.20. The summed E-state index contributed by atoms with van der Waals surface area (Å²) in [5.41, 5.74) is -0.407. The first kappa shape index (κ1) is 12.9. The lowest BCUT2D eigenvalue weighted by Gasteiger charge is -2.28. The molecule has 0 radical (unpaired) electrons. The summed E-state index contributed by atoms with van der Waals surface area (Å²) in [6.45, 7) is 4.42. The molecule has 0 fully saturated rings. The van der Waals surface area contributed by atoms with Gasteiger partial charge in [-0.15, -0.1) is 0 Å². The van der Waals surface area contributed by atoms with E-state index in [2.05, 4.69) is 13.0 Å². The molecular weight excluding hydrogens is 200 g/mol. The summed E-state index contributed by atoms with van der Waals surface area (Å²) in [5.74, 6) is 0.0569. The largest absolute Gasteiger partial charge is 0.366 e. The summed E-state index contributed by atoms with van der Waals surface area (Å²) in [6, 6.07) is 0. The van der Waals surface area contributed by atoms with Crippen molar-refractivity contribution in [1.29, 1.82) is 0 Å². The third-order valence-electron chi connectivity index (χ3n) is 2.53. The summed E-state index contributed by atoms with van der Waals surface area (Å²) < 4.78 is 5.88. The normalized spacial score (nSPS) is 24.1. The predicted molar refractivity (Wildman–Crippen MR) is 66.3 cm³/mol. The van der Waals surface area contributed by atoms with Gasteiger partial charge in [0.2, 0.25) is 0 Å². The van der Waals surface area contributed by atoms with E-state index in [1.165, 1.54) is 0 Å². The Labute approximate surface area is 97.7 Å². The molecule has 0 spiro atoms. The van der Waals surface area contributed by atoms with E-state index < -0.39 is 5.60 Å². The maximum absolute atomic E-state index is 11.0. The molecule has 1 aliphatic carbocycles. The highest BCUT2D eigenvalue weighted by Gasteiger charge is 2.24. The van der Waals surface area contributed by atoms with Crippen LogP contribution in [0.1, 0.15) is 33.1 Å². The second-order valence-electron chi connectivity index (χ2n) is 4.09. The van der Waals surface area contributed by atoms with Gasteiger partial charge in [0, 0.05) is 13.0 Å². The van der Waals surface area contributed by atoms with Crippen LogP contribution in [-0.4, -0.2) is 18.0 Å². The molecule has 16 heavy (non-hydrogen) atoms. The Morgan fingerprint density at radius 3 is 2.88 bits per heavy atom. The minimum atomic E-state index is -0.407. The molecule has 0 saturated heterocycles. The Balaban J connectivity index is 2.65. The third-order valence-corrected chi connectivity index (χ3v) is 2.53. The molecule has 1 unspecified atom stereocenters. The number of hydrogen-bond donors (Lipinski definition) is 0. The fraction of sp³-hybridized carbons (Fsp3) is 0.500. The standard InChI is InChI=1S/C14H20O2/c1-3-4-12-16-14(11-8-13(2)15)9-6-5-7-10-14/h5-9,11H,3-4,10,12H2,1-2H3. The Morgan fingerprint density at radius 1 is 1.50 bits per heavy atom. The maximum atomic E-state index is 11.0. The van der Waals surface area contributed by atoms with Crippen LogP contribution in [0.4, 0.5) is 0 Å². The molecular formula is C14H20O2. The van der Waals surface area contributed by atoms with Crippen molar-refractivity contribution >= 4 is 5.78 Å². The zero-order chi connectivity index (χ0) is 11.9. The summed E-state index contributed by atoms with van der Waals surface area (Å²) in [7, 11) is 0. The second-order valence-corrected chi connectivity index (χ2v) is 4.09. The minimum Gasteiger partial charge on any atom is -0.366 e. The van der Waals surface area contributed by atoms with Gasteiger partial charge in [0.25, 0.3) is 0 Å². The molecule has 0 aliphatic heterocycles. The van der Waals surface area contributed by atoms with E-state index >= 15 is 0 Å². The highest BCUT2D eigenvalue weighted by molar-refractivity contribution is 5.87. The van der Waals surface area contributed by atoms with Gasteiger partial charge in [-0.2, -0.15) is 0 Å². The number of carbonyl (C=O) groups excluding carboxylic acids is 1. The van der Waals surface area contributed by atoms with Crippen molar-refractivity contribution in [3.05, 3.63) is 36.5 Å². The smallest absolute Gasteiger partial charge is 0.152 e. The van der Waals surface area contributed by atoms with Gasteiger partial charge < -0.3 is 4.74 Å². The van der Waals surface area contributed by atoms with E-state index in [4.69, 9.17) is 4.74 Å². The Morgan fingerprint density at radius 2 is 2.31 bits per heavy atom. The fourth-order valence-corrected chi connectivity index (χ4v) is 1.56. The van der Waals surface area contributed by atoms with Gasteiger partial charge in [0.15, 0.2) is 5.78 Å². The van der Waals surface area contributed by atoms with Crippen LogP contribution in [0.15, 0.2) is 36.5 Å². The quantitative estimate of drug-likeness (QED) is 0.507. The third kappa shape index (κ3) is 4.15. The van der Waals surface area contributed by atoms with Crippen LogP contribution in [0.3, 0.4) is 0 Å². The van der Waals surface area contributed by atoms with Crippen LogP contribution < -0.4 is 0 Å². The van der Waals surface area contributed by atoms with Crippen molar-refractivity contribution in [2.24, 2.45) is 0 Å². The molecule has 88 valence electrons. The van der Waals surface area contributed by atoms with Gasteiger partial charge in [-0.25, -0.2) is 0 Å². The van der Waals surface area contributed by atoms with E-state index in [9.17, 15) is 4.79 Å². The average molecular weight is 220 g/mol. The molecule has 1 aliphatic rings. The van der Waals surface area contributed by atoms with Crippen LogP contribution >= 0.6 is 0 Å². The van der Waals surface area contributed by atoms with Gasteiger partial charge in [-0.05, 0) is 31.6 Å². The zero-order valence-electron chi connectivity index (χ0n) is 10.1. The lowest BCUT2D eigenvalue weighted by atomic mass is 9.94. The highest BCUT2D eigenvalue weighted by Crippen LogP contribution is 2.24.